The van der Waals surface area contributed by atoms with Crippen molar-refractivity contribution < 1.29 is 12.6 Å². The van der Waals surface area contributed by atoms with Crippen molar-refractivity contribution in [2.45, 2.75) is 24.7 Å². The van der Waals surface area contributed by atoms with Crippen molar-refractivity contribution in [1.29, 1.82) is 0 Å². The second-order valence-electron chi connectivity index (χ2n) is 5.53. The summed E-state index contributed by atoms with van der Waals surface area (Å²) in [7, 11) is -3.66. The second-order valence-corrected chi connectivity index (χ2v) is 7.15. The van der Waals surface area contributed by atoms with E-state index in [-0.39, 0.29) is 17.4 Å². The van der Waals surface area contributed by atoms with Crippen LogP contribution in [0.25, 0.3) is 0 Å². The molecular formula is C17H18O3S. The average Bonchev–Trinajstić information content (AvgIpc) is 2.89. The first-order valence-corrected chi connectivity index (χ1v) is 8.48. The minimum Gasteiger partial charge on any atom is -0.266 e. The van der Waals surface area contributed by atoms with E-state index in [1.807, 2.05) is 6.92 Å². The van der Waals surface area contributed by atoms with Crippen molar-refractivity contribution in [3.05, 3.63) is 65.3 Å². The Balaban J connectivity index is 1.65. The molecule has 0 amide bonds. The van der Waals surface area contributed by atoms with Crippen LogP contribution in [-0.2, 0) is 14.3 Å². The molecule has 0 N–H and O–H groups in total. The van der Waals surface area contributed by atoms with E-state index in [0.717, 1.165) is 18.4 Å². The van der Waals surface area contributed by atoms with E-state index in [2.05, 4.69) is 24.3 Å². The Morgan fingerprint density at radius 1 is 1.19 bits per heavy atom. The number of hydrogen-bond acceptors (Lipinski definition) is 3. The number of rotatable bonds is 4. The zero-order valence-electron chi connectivity index (χ0n) is 12.0. The number of fused-ring (bicyclic) bond motifs is 1. The van der Waals surface area contributed by atoms with Crippen LogP contribution in [0.5, 0.6) is 0 Å². The fourth-order valence-electron chi connectivity index (χ4n) is 2.67. The van der Waals surface area contributed by atoms with E-state index in [1.54, 1.807) is 24.3 Å². The van der Waals surface area contributed by atoms with Gasteiger partial charge in [0.1, 0.15) is 0 Å². The first kappa shape index (κ1) is 14.3. The number of benzene rings is 1. The molecule has 0 bridgehead atoms. The monoisotopic (exact) mass is 302 g/mol. The highest BCUT2D eigenvalue weighted by Gasteiger charge is 2.24. The fraction of sp³-hybridized carbons (Fsp3) is 0.294. The van der Waals surface area contributed by atoms with Crippen LogP contribution in [0.15, 0.2) is 64.6 Å². The molecule has 0 fully saturated rings. The lowest BCUT2D eigenvalue weighted by Gasteiger charge is -2.10. The molecule has 0 heterocycles. The average molecular weight is 302 g/mol. The molecule has 1 aromatic carbocycles. The number of allylic oxidation sites excluding steroid dienone is 5. The molecule has 110 valence electrons. The van der Waals surface area contributed by atoms with Gasteiger partial charge in [0.2, 0.25) is 0 Å². The molecule has 0 saturated carbocycles. The molecule has 1 unspecified atom stereocenters. The van der Waals surface area contributed by atoms with E-state index in [9.17, 15) is 8.42 Å². The SMILES string of the molecule is Cc1ccc(S(=O)(=O)OCC2C=C3CC=CC=C3C2)cc1. The lowest BCUT2D eigenvalue weighted by molar-refractivity contribution is 0.282. The van der Waals surface area contributed by atoms with Crippen LogP contribution in [0.4, 0.5) is 0 Å². The Kier molecular flexibility index (Phi) is 3.83. The molecule has 0 aromatic heterocycles. The predicted molar refractivity (Wildman–Crippen MR) is 82.3 cm³/mol. The highest BCUT2D eigenvalue weighted by molar-refractivity contribution is 7.86. The summed E-state index contributed by atoms with van der Waals surface area (Å²) in [5.41, 5.74) is 3.63. The molecule has 3 nitrogen and oxygen atoms in total. The summed E-state index contributed by atoms with van der Waals surface area (Å²) in [5.74, 6) is 0.145. The van der Waals surface area contributed by atoms with Gasteiger partial charge in [-0.1, -0.05) is 42.0 Å². The Bertz CT molecular complexity index is 722. The lowest BCUT2D eigenvalue weighted by Crippen LogP contribution is -2.12. The van der Waals surface area contributed by atoms with Gasteiger partial charge >= 0.3 is 0 Å². The zero-order chi connectivity index (χ0) is 14.9. The van der Waals surface area contributed by atoms with Crippen molar-refractivity contribution in [3.8, 4) is 0 Å². The van der Waals surface area contributed by atoms with Crippen molar-refractivity contribution >= 4 is 10.1 Å². The third kappa shape index (κ3) is 3.17. The molecule has 3 rings (SSSR count). The Morgan fingerprint density at radius 2 is 1.95 bits per heavy atom. The highest BCUT2D eigenvalue weighted by Crippen LogP contribution is 2.34. The van der Waals surface area contributed by atoms with Crippen LogP contribution < -0.4 is 0 Å². The first-order chi connectivity index (χ1) is 10.0. The molecular weight excluding hydrogens is 284 g/mol. The predicted octanol–water partition coefficient (Wildman–Crippen LogP) is 3.53. The molecule has 2 aliphatic carbocycles. The summed E-state index contributed by atoms with van der Waals surface area (Å²) < 4.78 is 29.5. The van der Waals surface area contributed by atoms with Crippen LogP contribution in [0.2, 0.25) is 0 Å². The van der Waals surface area contributed by atoms with Gasteiger partial charge in [-0.25, -0.2) is 0 Å². The van der Waals surface area contributed by atoms with Gasteiger partial charge in [-0.15, -0.1) is 0 Å². The molecule has 1 aromatic rings. The van der Waals surface area contributed by atoms with Crippen molar-refractivity contribution in [1.82, 2.24) is 0 Å². The number of hydrogen-bond donors (Lipinski definition) is 0. The molecule has 1 atom stereocenters. The minimum atomic E-state index is -3.66. The van der Waals surface area contributed by atoms with E-state index >= 15 is 0 Å². The van der Waals surface area contributed by atoms with Gasteiger partial charge in [0, 0.05) is 5.92 Å². The molecule has 0 saturated heterocycles. The van der Waals surface area contributed by atoms with Crippen LogP contribution >= 0.6 is 0 Å². The topological polar surface area (TPSA) is 43.4 Å². The third-order valence-electron chi connectivity index (χ3n) is 3.85. The highest BCUT2D eigenvalue weighted by atomic mass is 32.2. The summed E-state index contributed by atoms with van der Waals surface area (Å²) in [4.78, 5) is 0.219. The van der Waals surface area contributed by atoms with Crippen LogP contribution in [0.3, 0.4) is 0 Å². The molecule has 0 aliphatic heterocycles. The molecule has 4 heteroatoms. The second kappa shape index (κ2) is 5.62. The van der Waals surface area contributed by atoms with Crippen LogP contribution in [0.1, 0.15) is 18.4 Å². The Labute approximate surface area is 125 Å². The van der Waals surface area contributed by atoms with E-state index in [0.29, 0.717) is 0 Å². The van der Waals surface area contributed by atoms with Crippen LogP contribution in [0, 0.1) is 12.8 Å². The summed E-state index contributed by atoms with van der Waals surface area (Å²) in [6, 6.07) is 6.73. The van der Waals surface area contributed by atoms with E-state index in [1.165, 1.54) is 11.1 Å². The fourth-order valence-corrected chi connectivity index (χ4v) is 3.63. The molecule has 21 heavy (non-hydrogen) atoms. The maximum Gasteiger partial charge on any atom is 0.296 e. The first-order valence-electron chi connectivity index (χ1n) is 7.07. The standard InChI is InChI=1S/C17H18O3S/c1-13-6-8-17(9-7-13)21(18,19)20-12-14-10-15-4-2-3-5-16(15)11-14/h2-4,6-9,11,14H,5,10,12H2,1H3. The molecule has 2 aliphatic rings. The largest absolute Gasteiger partial charge is 0.296 e. The third-order valence-corrected chi connectivity index (χ3v) is 5.15. The number of aryl methyl sites for hydroxylation is 1. The van der Waals surface area contributed by atoms with Gasteiger partial charge in [0.15, 0.2) is 0 Å². The zero-order valence-corrected chi connectivity index (χ0v) is 12.8. The maximum atomic E-state index is 12.1. The minimum absolute atomic E-state index is 0.145. The maximum absolute atomic E-state index is 12.1. The van der Waals surface area contributed by atoms with Crippen molar-refractivity contribution in [3.63, 3.8) is 0 Å². The Hall–Kier alpha value is -1.65. The summed E-state index contributed by atoms with van der Waals surface area (Å²) >= 11 is 0. The van der Waals surface area contributed by atoms with Gasteiger partial charge in [-0.05, 0) is 43.0 Å². The van der Waals surface area contributed by atoms with E-state index in [4.69, 9.17) is 4.18 Å². The summed E-state index contributed by atoms with van der Waals surface area (Å²) in [6.07, 6.45) is 10.2. The van der Waals surface area contributed by atoms with Crippen molar-refractivity contribution in [2.24, 2.45) is 5.92 Å². The van der Waals surface area contributed by atoms with Gasteiger partial charge in [-0.2, -0.15) is 8.42 Å². The van der Waals surface area contributed by atoms with Gasteiger partial charge < -0.3 is 0 Å². The van der Waals surface area contributed by atoms with Crippen molar-refractivity contribution in [2.75, 3.05) is 6.61 Å². The smallest absolute Gasteiger partial charge is 0.266 e. The van der Waals surface area contributed by atoms with Crippen LogP contribution in [-0.4, -0.2) is 15.0 Å². The van der Waals surface area contributed by atoms with E-state index < -0.39 is 10.1 Å². The summed E-state index contributed by atoms with van der Waals surface area (Å²) in [5, 5.41) is 0. The quantitative estimate of drug-likeness (QED) is 0.799. The molecule has 0 spiro atoms. The van der Waals surface area contributed by atoms with Gasteiger partial charge in [0.25, 0.3) is 10.1 Å². The van der Waals surface area contributed by atoms with Gasteiger partial charge in [0.05, 0.1) is 11.5 Å². The molecule has 0 radical (unpaired) electrons. The summed E-state index contributed by atoms with van der Waals surface area (Å²) in [6.45, 7) is 2.13. The Morgan fingerprint density at radius 3 is 2.67 bits per heavy atom. The normalized spacial score (nSPS) is 20.9. The van der Waals surface area contributed by atoms with Gasteiger partial charge in [-0.3, -0.25) is 4.18 Å². The lowest BCUT2D eigenvalue weighted by atomic mass is 10.0.